The molecule has 1 unspecified atom stereocenters. The summed E-state index contributed by atoms with van der Waals surface area (Å²) in [5.74, 6) is 0.581. The molecule has 0 saturated carbocycles. The van der Waals surface area contributed by atoms with Gasteiger partial charge in [0.1, 0.15) is 0 Å². The van der Waals surface area contributed by atoms with E-state index in [2.05, 4.69) is 4.74 Å². The third kappa shape index (κ3) is 3.10. The number of carbonyl (C=O) groups excluding carboxylic acids is 1. The van der Waals surface area contributed by atoms with Crippen molar-refractivity contribution in [1.82, 2.24) is 0 Å². The molecule has 2 N–H and O–H groups in total. The third-order valence-corrected chi connectivity index (χ3v) is 2.33. The molecular weight excluding hydrogens is 222 g/mol. The topological polar surface area (TPSA) is 70.8 Å². The van der Waals surface area contributed by atoms with Crippen LogP contribution in [-0.2, 0) is 16.1 Å². The van der Waals surface area contributed by atoms with Crippen molar-refractivity contribution >= 4 is 5.97 Å². The lowest BCUT2D eigenvalue weighted by Crippen LogP contribution is -2.25. The molecule has 1 rings (SSSR count). The average Bonchev–Trinajstić information content (AvgIpc) is 2.37. The van der Waals surface area contributed by atoms with Crippen LogP contribution in [0.1, 0.15) is 12.5 Å². The van der Waals surface area contributed by atoms with E-state index in [-0.39, 0.29) is 0 Å². The van der Waals surface area contributed by atoms with E-state index in [4.69, 9.17) is 15.2 Å². The summed E-state index contributed by atoms with van der Waals surface area (Å²) in [6.45, 7) is 1.92. The predicted octanol–water partition coefficient (Wildman–Crippen LogP) is 1.09. The van der Waals surface area contributed by atoms with Crippen molar-refractivity contribution < 1.29 is 19.0 Å². The Labute approximate surface area is 100 Å². The summed E-state index contributed by atoms with van der Waals surface area (Å²) in [4.78, 5) is 11.3. The highest BCUT2D eigenvalue weighted by Gasteiger charge is 2.19. The number of hydrogen-bond acceptors (Lipinski definition) is 5. The van der Waals surface area contributed by atoms with Crippen molar-refractivity contribution in [2.24, 2.45) is 5.73 Å². The Morgan fingerprint density at radius 3 is 2.65 bits per heavy atom. The first-order chi connectivity index (χ1) is 8.13. The van der Waals surface area contributed by atoms with E-state index in [1.54, 1.807) is 13.0 Å². The van der Waals surface area contributed by atoms with Gasteiger partial charge < -0.3 is 19.9 Å². The van der Waals surface area contributed by atoms with Crippen molar-refractivity contribution in [3.8, 4) is 11.5 Å². The van der Waals surface area contributed by atoms with Crippen molar-refractivity contribution in [3.63, 3.8) is 0 Å². The predicted molar refractivity (Wildman–Crippen MR) is 63.0 cm³/mol. The van der Waals surface area contributed by atoms with Gasteiger partial charge in [-0.1, -0.05) is 12.1 Å². The quantitative estimate of drug-likeness (QED) is 0.779. The summed E-state index contributed by atoms with van der Waals surface area (Å²) in [6.07, 6.45) is -0.707. The first-order valence-electron chi connectivity index (χ1n) is 5.24. The molecular formula is C12H17NO4. The Kier molecular flexibility index (Phi) is 4.78. The molecule has 5 heteroatoms. The highest BCUT2D eigenvalue weighted by molar-refractivity contribution is 5.74. The Balaban J connectivity index is 2.99. The summed E-state index contributed by atoms with van der Waals surface area (Å²) in [5.41, 5.74) is 6.38. The van der Waals surface area contributed by atoms with E-state index >= 15 is 0 Å². The zero-order valence-electron chi connectivity index (χ0n) is 10.2. The molecule has 0 aromatic heterocycles. The maximum Gasteiger partial charge on any atom is 0.346 e. The first kappa shape index (κ1) is 13.3. The fourth-order valence-corrected chi connectivity index (χ4v) is 1.41. The Bertz CT molecular complexity index is 370. The van der Waals surface area contributed by atoms with Crippen LogP contribution in [0.4, 0.5) is 0 Å². The van der Waals surface area contributed by atoms with Crippen LogP contribution in [0.15, 0.2) is 18.2 Å². The van der Waals surface area contributed by atoms with E-state index in [0.717, 1.165) is 5.56 Å². The van der Waals surface area contributed by atoms with Crippen LogP contribution in [0.5, 0.6) is 11.5 Å². The van der Waals surface area contributed by atoms with Gasteiger partial charge in [-0.2, -0.15) is 0 Å². The number of benzene rings is 1. The van der Waals surface area contributed by atoms with Crippen molar-refractivity contribution in [2.45, 2.75) is 19.6 Å². The maximum atomic E-state index is 11.3. The van der Waals surface area contributed by atoms with Crippen molar-refractivity contribution in [1.29, 1.82) is 0 Å². The largest absolute Gasteiger partial charge is 0.493 e. The molecule has 1 aromatic carbocycles. The van der Waals surface area contributed by atoms with Crippen molar-refractivity contribution in [3.05, 3.63) is 23.8 Å². The van der Waals surface area contributed by atoms with Crippen LogP contribution < -0.4 is 15.2 Å². The lowest BCUT2D eigenvalue weighted by atomic mass is 10.2. The molecule has 94 valence electrons. The van der Waals surface area contributed by atoms with Gasteiger partial charge in [-0.15, -0.1) is 0 Å². The highest BCUT2D eigenvalue weighted by Crippen LogP contribution is 2.31. The number of para-hydroxylation sites is 1. The zero-order chi connectivity index (χ0) is 12.8. The van der Waals surface area contributed by atoms with Gasteiger partial charge in [0.05, 0.1) is 14.2 Å². The molecule has 0 bridgehead atoms. The van der Waals surface area contributed by atoms with Crippen LogP contribution in [0.25, 0.3) is 0 Å². The van der Waals surface area contributed by atoms with Crippen LogP contribution >= 0.6 is 0 Å². The van der Waals surface area contributed by atoms with Gasteiger partial charge in [0.2, 0.25) is 0 Å². The number of methoxy groups -OCH3 is 2. The minimum Gasteiger partial charge on any atom is -0.493 e. The molecule has 0 aliphatic carbocycles. The van der Waals surface area contributed by atoms with E-state index < -0.39 is 12.1 Å². The van der Waals surface area contributed by atoms with E-state index in [1.807, 2.05) is 12.1 Å². The van der Waals surface area contributed by atoms with Gasteiger partial charge in [0.25, 0.3) is 0 Å². The van der Waals surface area contributed by atoms with Gasteiger partial charge >= 0.3 is 5.97 Å². The van der Waals surface area contributed by atoms with Gasteiger partial charge in [-0.25, -0.2) is 4.79 Å². The summed E-state index contributed by atoms with van der Waals surface area (Å²) >= 11 is 0. The molecule has 1 aromatic rings. The molecule has 0 amide bonds. The maximum absolute atomic E-state index is 11.3. The monoisotopic (exact) mass is 239 g/mol. The number of esters is 1. The number of rotatable bonds is 5. The minimum absolute atomic E-state index is 0.306. The second-order valence-corrected chi connectivity index (χ2v) is 3.44. The smallest absolute Gasteiger partial charge is 0.346 e. The van der Waals surface area contributed by atoms with Crippen LogP contribution in [0.3, 0.4) is 0 Å². The number of hydrogen-bond donors (Lipinski definition) is 1. The van der Waals surface area contributed by atoms with E-state index in [1.165, 1.54) is 14.2 Å². The Morgan fingerprint density at radius 1 is 1.41 bits per heavy atom. The Hall–Kier alpha value is -1.75. The zero-order valence-corrected chi connectivity index (χ0v) is 10.2. The molecule has 0 fully saturated rings. The number of carbonyl (C=O) groups is 1. The lowest BCUT2D eigenvalue weighted by Gasteiger charge is -2.17. The lowest BCUT2D eigenvalue weighted by molar-refractivity contribution is -0.147. The molecule has 0 aliphatic heterocycles. The molecule has 0 radical (unpaired) electrons. The molecule has 5 nitrogen and oxygen atoms in total. The number of ether oxygens (including phenoxy) is 3. The fourth-order valence-electron chi connectivity index (χ4n) is 1.41. The fraction of sp³-hybridized carbons (Fsp3) is 0.417. The van der Waals surface area contributed by atoms with Crippen LogP contribution in [-0.4, -0.2) is 26.3 Å². The van der Waals surface area contributed by atoms with Gasteiger partial charge in [0.15, 0.2) is 17.6 Å². The van der Waals surface area contributed by atoms with Gasteiger partial charge in [-0.3, -0.25) is 0 Å². The molecule has 0 heterocycles. The summed E-state index contributed by atoms with van der Waals surface area (Å²) in [7, 11) is 2.85. The Morgan fingerprint density at radius 2 is 2.12 bits per heavy atom. The molecule has 17 heavy (non-hydrogen) atoms. The van der Waals surface area contributed by atoms with Crippen LogP contribution in [0.2, 0.25) is 0 Å². The summed E-state index contributed by atoms with van der Waals surface area (Å²) < 4.78 is 15.3. The van der Waals surface area contributed by atoms with Gasteiger partial charge in [-0.05, 0) is 13.0 Å². The summed E-state index contributed by atoms with van der Waals surface area (Å²) in [6, 6.07) is 5.39. The molecule has 1 atom stereocenters. The summed E-state index contributed by atoms with van der Waals surface area (Å²) in [5, 5.41) is 0. The second-order valence-electron chi connectivity index (χ2n) is 3.44. The second kappa shape index (κ2) is 6.10. The SMILES string of the molecule is COC(=O)C(C)Oc1c(CN)cccc1OC. The number of nitrogens with two attached hydrogens (primary N) is 1. The first-order valence-corrected chi connectivity index (χ1v) is 5.24. The molecule has 0 spiro atoms. The molecule has 0 saturated heterocycles. The van der Waals surface area contributed by atoms with Crippen molar-refractivity contribution in [2.75, 3.05) is 14.2 Å². The van der Waals surface area contributed by atoms with Gasteiger partial charge in [0, 0.05) is 12.1 Å². The third-order valence-electron chi connectivity index (χ3n) is 2.33. The average molecular weight is 239 g/mol. The normalized spacial score (nSPS) is 11.8. The minimum atomic E-state index is -0.707. The van der Waals surface area contributed by atoms with E-state index in [0.29, 0.717) is 18.0 Å². The van der Waals surface area contributed by atoms with Crippen LogP contribution in [0, 0.1) is 0 Å². The molecule has 0 aliphatic rings. The standard InChI is InChI=1S/C12H17NO4/c1-8(12(14)16-3)17-11-9(7-13)5-4-6-10(11)15-2/h4-6,8H,7,13H2,1-3H3. The van der Waals surface area contributed by atoms with E-state index in [9.17, 15) is 4.79 Å². The highest BCUT2D eigenvalue weighted by atomic mass is 16.6.